The van der Waals surface area contributed by atoms with Gasteiger partial charge in [-0.05, 0) is 43.5 Å². The third-order valence-electron chi connectivity index (χ3n) is 5.03. The number of hydrogen-bond acceptors (Lipinski definition) is 3. The molecule has 146 valence electrons. The fourth-order valence-corrected chi connectivity index (χ4v) is 3.20. The molecule has 0 radical (unpaired) electrons. The lowest BCUT2D eigenvalue weighted by Crippen LogP contribution is -2.47. The first-order chi connectivity index (χ1) is 12.2. The molecule has 2 fully saturated rings. The molecule has 1 aromatic rings. The van der Waals surface area contributed by atoms with Gasteiger partial charge in [-0.25, -0.2) is 4.39 Å². The van der Waals surface area contributed by atoms with Crippen LogP contribution in [0.25, 0.3) is 0 Å². The first kappa shape index (κ1) is 21.2. The summed E-state index contributed by atoms with van der Waals surface area (Å²) in [6, 6.07) is 7.39. The number of halogens is 2. The highest BCUT2D eigenvalue weighted by Gasteiger charge is 2.33. The molecule has 0 bridgehead atoms. The number of nitrogens with zero attached hydrogens (tertiary/aromatic N) is 3. The number of hydrogen-bond donors (Lipinski definition) is 2. The summed E-state index contributed by atoms with van der Waals surface area (Å²) in [5.74, 6) is 1.54. The third-order valence-corrected chi connectivity index (χ3v) is 5.03. The van der Waals surface area contributed by atoms with E-state index in [1.165, 1.54) is 18.6 Å². The summed E-state index contributed by atoms with van der Waals surface area (Å²) in [6.45, 7) is 11.1. The highest BCUT2D eigenvalue weighted by molar-refractivity contribution is 14.0. The van der Waals surface area contributed by atoms with Gasteiger partial charge in [0.05, 0.1) is 6.54 Å². The second-order valence-electron chi connectivity index (χ2n) is 7.03. The molecule has 5 nitrogen and oxygen atoms in total. The maximum absolute atomic E-state index is 13.0. The monoisotopic (exact) mass is 475 g/mol. The topological polar surface area (TPSA) is 42.9 Å². The molecule has 1 saturated carbocycles. The summed E-state index contributed by atoms with van der Waals surface area (Å²) in [7, 11) is 0. The van der Waals surface area contributed by atoms with Gasteiger partial charge in [-0.1, -0.05) is 6.92 Å². The van der Waals surface area contributed by atoms with E-state index in [9.17, 15) is 4.39 Å². The zero-order chi connectivity index (χ0) is 17.6. The van der Waals surface area contributed by atoms with Gasteiger partial charge >= 0.3 is 0 Å². The maximum atomic E-state index is 13.0. The van der Waals surface area contributed by atoms with E-state index in [1.807, 2.05) is 12.1 Å². The lowest BCUT2D eigenvalue weighted by Gasteiger charge is -2.35. The summed E-state index contributed by atoms with van der Waals surface area (Å²) in [6.07, 6.45) is 1.25. The van der Waals surface area contributed by atoms with Crippen LogP contribution in [0.4, 0.5) is 10.1 Å². The molecular weight excluding hydrogens is 444 g/mol. The quantitative estimate of drug-likeness (QED) is 0.377. The molecule has 1 heterocycles. The predicted octanol–water partition coefficient (Wildman–Crippen LogP) is 2.53. The normalized spacial score (nSPS) is 23.3. The van der Waals surface area contributed by atoms with Gasteiger partial charge in [0.1, 0.15) is 5.82 Å². The molecule has 1 aliphatic carbocycles. The third kappa shape index (κ3) is 6.26. The summed E-state index contributed by atoms with van der Waals surface area (Å²) in [5, 5.41) is 6.82. The van der Waals surface area contributed by atoms with Crippen molar-refractivity contribution in [3.05, 3.63) is 30.1 Å². The molecule has 0 spiro atoms. The highest BCUT2D eigenvalue weighted by atomic mass is 127. The Bertz CT molecular complexity index is 572. The van der Waals surface area contributed by atoms with Crippen LogP contribution in [-0.4, -0.2) is 62.7 Å². The summed E-state index contributed by atoms with van der Waals surface area (Å²) in [5.41, 5.74) is 1.11. The molecule has 3 rings (SSSR count). The molecule has 1 aliphatic heterocycles. The summed E-state index contributed by atoms with van der Waals surface area (Å²) < 4.78 is 13.0. The number of nitrogens with one attached hydrogen (secondary N) is 2. The van der Waals surface area contributed by atoms with E-state index in [1.54, 1.807) is 0 Å². The lowest BCUT2D eigenvalue weighted by atomic mass is 10.2. The van der Waals surface area contributed by atoms with Crippen LogP contribution in [0.15, 0.2) is 29.3 Å². The standard InChI is InChI=1S/C19H30FN5.HI/c1-3-21-19(23-18-14-15(18)2)22-8-9-24-10-12-25(13-11-24)17-6-4-16(20)5-7-17;/h4-7,15,18H,3,8-14H2,1-2H3,(H2,21,22,23);1H. The van der Waals surface area contributed by atoms with Crippen molar-refractivity contribution in [3.8, 4) is 0 Å². The van der Waals surface area contributed by atoms with E-state index < -0.39 is 0 Å². The van der Waals surface area contributed by atoms with Crippen molar-refractivity contribution in [1.82, 2.24) is 15.5 Å². The first-order valence-electron chi connectivity index (χ1n) is 9.43. The van der Waals surface area contributed by atoms with E-state index in [0.717, 1.165) is 63.4 Å². The van der Waals surface area contributed by atoms with E-state index >= 15 is 0 Å². The zero-order valence-electron chi connectivity index (χ0n) is 15.7. The SMILES string of the molecule is CCNC(=NCCN1CCN(c2ccc(F)cc2)CC1)NC1CC1C.I. The number of piperazine rings is 1. The Kier molecular flexibility index (Phi) is 8.40. The van der Waals surface area contributed by atoms with Crippen LogP contribution < -0.4 is 15.5 Å². The second kappa shape index (κ2) is 10.3. The molecule has 2 aliphatic rings. The van der Waals surface area contributed by atoms with Crippen LogP contribution in [0.5, 0.6) is 0 Å². The Labute approximate surface area is 173 Å². The summed E-state index contributed by atoms with van der Waals surface area (Å²) in [4.78, 5) is 9.48. The van der Waals surface area contributed by atoms with Gasteiger partial charge in [-0.2, -0.15) is 0 Å². The number of benzene rings is 1. The average molecular weight is 475 g/mol. The van der Waals surface area contributed by atoms with Gasteiger partial charge < -0.3 is 15.5 Å². The first-order valence-corrected chi connectivity index (χ1v) is 9.43. The molecule has 2 atom stereocenters. The Morgan fingerprint density at radius 1 is 1.19 bits per heavy atom. The predicted molar refractivity (Wildman–Crippen MR) is 117 cm³/mol. The van der Waals surface area contributed by atoms with E-state index in [-0.39, 0.29) is 29.8 Å². The van der Waals surface area contributed by atoms with Crippen LogP contribution in [0.2, 0.25) is 0 Å². The molecule has 2 N–H and O–H groups in total. The second-order valence-corrected chi connectivity index (χ2v) is 7.03. The van der Waals surface area contributed by atoms with Crippen molar-refractivity contribution in [3.63, 3.8) is 0 Å². The van der Waals surface area contributed by atoms with Gasteiger partial charge in [0, 0.05) is 51.0 Å². The van der Waals surface area contributed by atoms with Crippen molar-refractivity contribution < 1.29 is 4.39 Å². The molecule has 0 aromatic heterocycles. The van der Waals surface area contributed by atoms with Crippen molar-refractivity contribution >= 4 is 35.6 Å². The van der Waals surface area contributed by atoms with Crippen molar-refractivity contribution in [1.29, 1.82) is 0 Å². The Balaban J connectivity index is 0.00000243. The number of aliphatic imine (C=N–C) groups is 1. The molecule has 0 amide bonds. The van der Waals surface area contributed by atoms with Gasteiger partial charge in [0.2, 0.25) is 0 Å². The largest absolute Gasteiger partial charge is 0.369 e. The van der Waals surface area contributed by atoms with E-state index in [2.05, 4.69) is 34.3 Å². The van der Waals surface area contributed by atoms with Crippen LogP contribution in [0.1, 0.15) is 20.3 Å². The number of guanidine groups is 1. The molecule has 7 heteroatoms. The molecule has 2 unspecified atom stereocenters. The van der Waals surface area contributed by atoms with Gasteiger partial charge in [0.25, 0.3) is 0 Å². The van der Waals surface area contributed by atoms with Crippen molar-refractivity contribution in [2.45, 2.75) is 26.3 Å². The summed E-state index contributed by atoms with van der Waals surface area (Å²) >= 11 is 0. The lowest BCUT2D eigenvalue weighted by molar-refractivity contribution is 0.265. The average Bonchev–Trinajstić information content (AvgIpc) is 3.31. The van der Waals surface area contributed by atoms with Gasteiger partial charge in [0.15, 0.2) is 5.96 Å². The van der Waals surface area contributed by atoms with E-state index in [4.69, 9.17) is 4.99 Å². The maximum Gasteiger partial charge on any atom is 0.191 e. The highest BCUT2D eigenvalue weighted by Crippen LogP contribution is 2.28. The van der Waals surface area contributed by atoms with E-state index in [0.29, 0.717) is 6.04 Å². The number of rotatable bonds is 6. The fraction of sp³-hybridized carbons (Fsp3) is 0.632. The van der Waals surface area contributed by atoms with Crippen LogP contribution >= 0.6 is 24.0 Å². The molecule has 1 saturated heterocycles. The van der Waals surface area contributed by atoms with Crippen molar-refractivity contribution in [2.24, 2.45) is 10.9 Å². The molecule has 26 heavy (non-hydrogen) atoms. The van der Waals surface area contributed by atoms with Gasteiger partial charge in [-0.15, -0.1) is 24.0 Å². The van der Waals surface area contributed by atoms with Crippen molar-refractivity contribution in [2.75, 3.05) is 50.7 Å². The Morgan fingerprint density at radius 2 is 1.85 bits per heavy atom. The minimum Gasteiger partial charge on any atom is -0.369 e. The van der Waals surface area contributed by atoms with Crippen LogP contribution in [-0.2, 0) is 0 Å². The molecule has 1 aromatic carbocycles. The minimum atomic E-state index is -0.175. The van der Waals surface area contributed by atoms with Crippen LogP contribution in [0, 0.1) is 11.7 Å². The number of anilines is 1. The fourth-order valence-electron chi connectivity index (χ4n) is 3.20. The van der Waals surface area contributed by atoms with Crippen LogP contribution in [0.3, 0.4) is 0 Å². The molecular formula is C19H31FIN5. The van der Waals surface area contributed by atoms with Gasteiger partial charge in [-0.3, -0.25) is 9.89 Å². The smallest absolute Gasteiger partial charge is 0.191 e. The zero-order valence-corrected chi connectivity index (χ0v) is 18.1. The Hall–Kier alpha value is -1.09. The minimum absolute atomic E-state index is 0. The Morgan fingerprint density at radius 3 is 2.42 bits per heavy atom.